The van der Waals surface area contributed by atoms with Crippen LogP contribution in [0.25, 0.3) is 11.4 Å². The Morgan fingerprint density at radius 2 is 1.83 bits per heavy atom. The second-order valence-electron chi connectivity index (χ2n) is 3.61. The molecule has 94 valence electrons. The zero-order chi connectivity index (χ0) is 13.4. The molecular formula is C11H7F3N2O2. The van der Waals surface area contributed by atoms with Gasteiger partial charge in [0.15, 0.2) is 17.3 Å². The molecule has 2 N–H and O–H groups in total. The van der Waals surface area contributed by atoms with E-state index in [2.05, 4.69) is 9.97 Å². The van der Waals surface area contributed by atoms with E-state index < -0.39 is 23.4 Å². The zero-order valence-corrected chi connectivity index (χ0v) is 9.09. The second kappa shape index (κ2) is 4.17. The van der Waals surface area contributed by atoms with Crippen LogP contribution in [0.15, 0.2) is 12.1 Å². The summed E-state index contributed by atoms with van der Waals surface area (Å²) in [5.74, 6) is -5.05. The van der Waals surface area contributed by atoms with Gasteiger partial charge in [0, 0.05) is 11.8 Å². The van der Waals surface area contributed by atoms with E-state index in [-0.39, 0.29) is 22.8 Å². The maximum Gasteiger partial charge on any atom is 0.356 e. The molecule has 4 nitrogen and oxygen atoms in total. The smallest absolute Gasteiger partial charge is 0.356 e. The summed E-state index contributed by atoms with van der Waals surface area (Å²) in [6, 6.07) is 0.998. The van der Waals surface area contributed by atoms with E-state index >= 15 is 0 Å². The van der Waals surface area contributed by atoms with Gasteiger partial charge in [-0.25, -0.2) is 22.9 Å². The number of aromatic carboxylic acids is 1. The highest BCUT2D eigenvalue weighted by Crippen LogP contribution is 2.24. The Bertz CT molecular complexity index is 637. The molecule has 0 amide bonds. The van der Waals surface area contributed by atoms with Crippen molar-refractivity contribution in [1.82, 2.24) is 9.97 Å². The van der Waals surface area contributed by atoms with Crippen LogP contribution in [0.2, 0.25) is 0 Å². The molecule has 0 aliphatic rings. The van der Waals surface area contributed by atoms with Gasteiger partial charge in [-0.2, -0.15) is 0 Å². The van der Waals surface area contributed by atoms with Crippen molar-refractivity contribution in [3.8, 4) is 11.4 Å². The summed E-state index contributed by atoms with van der Waals surface area (Å²) in [5, 5.41) is 8.78. The van der Waals surface area contributed by atoms with Gasteiger partial charge in [0.1, 0.15) is 11.6 Å². The third-order valence-corrected chi connectivity index (χ3v) is 2.35. The summed E-state index contributed by atoms with van der Waals surface area (Å²) in [6.07, 6.45) is 0. The van der Waals surface area contributed by atoms with Gasteiger partial charge in [-0.3, -0.25) is 0 Å². The van der Waals surface area contributed by atoms with Gasteiger partial charge in [-0.05, 0) is 13.0 Å². The van der Waals surface area contributed by atoms with Gasteiger partial charge >= 0.3 is 5.97 Å². The molecule has 2 aromatic rings. The number of benzene rings is 1. The van der Waals surface area contributed by atoms with Gasteiger partial charge in [0.05, 0.1) is 5.56 Å². The molecular weight excluding hydrogens is 249 g/mol. The number of rotatable bonds is 2. The molecule has 1 aromatic heterocycles. The number of carboxylic acid groups (broad SMARTS) is 1. The summed E-state index contributed by atoms with van der Waals surface area (Å²) < 4.78 is 39.2. The summed E-state index contributed by atoms with van der Waals surface area (Å²) in [4.78, 5) is 16.9. The first-order valence-corrected chi connectivity index (χ1v) is 4.85. The van der Waals surface area contributed by atoms with E-state index in [0.717, 1.165) is 0 Å². The minimum absolute atomic E-state index is 0.165. The zero-order valence-electron chi connectivity index (χ0n) is 9.09. The van der Waals surface area contributed by atoms with Crippen LogP contribution in [0.5, 0.6) is 0 Å². The van der Waals surface area contributed by atoms with Crippen LogP contribution in [0.3, 0.4) is 0 Å². The van der Waals surface area contributed by atoms with Crippen molar-refractivity contribution in [2.45, 2.75) is 6.92 Å². The molecule has 0 radical (unpaired) electrons. The lowest BCUT2D eigenvalue weighted by Crippen LogP contribution is -1.98. The van der Waals surface area contributed by atoms with Gasteiger partial charge in [-0.1, -0.05) is 0 Å². The molecule has 0 spiro atoms. The van der Waals surface area contributed by atoms with Crippen molar-refractivity contribution < 1.29 is 23.1 Å². The standard InChI is InChI=1S/C11H7F3N2O2/c1-4-9(11(17)18)16-10(15-4)5-2-7(13)8(14)3-6(5)12/h2-3H,1H3,(H,15,16)(H,17,18). The summed E-state index contributed by atoms with van der Waals surface area (Å²) in [5.41, 5.74) is -0.430. The Balaban J connectivity index is 2.59. The number of aromatic nitrogens is 2. The molecule has 0 aliphatic heterocycles. The van der Waals surface area contributed by atoms with Crippen LogP contribution in [0.1, 0.15) is 16.2 Å². The maximum atomic E-state index is 13.4. The highest BCUT2D eigenvalue weighted by molar-refractivity contribution is 5.87. The second-order valence-corrected chi connectivity index (χ2v) is 3.61. The highest BCUT2D eigenvalue weighted by Gasteiger charge is 2.18. The Morgan fingerprint density at radius 1 is 1.22 bits per heavy atom. The third-order valence-electron chi connectivity index (χ3n) is 2.35. The Labute approximate surface area is 99.1 Å². The largest absolute Gasteiger partial charge is 0.476 e. The van der Waals surface area contributed by atoms with Crippen molar-refractivity contribution >= 4 is 5.97 Å². The molecule has 1 heterocycles. The van der Waals surface area contributed by atoms with E-state index in [1.165, 1.54) is 6.92 Å². The molecule has 0 atom stereocenters. The monoisotopic (exact) mass is 256 g/mol. The number of halogens is 3. The summed E-state index contributed by atoms with van der Waals surface area (Å²) >= 11 is 0. The van der Waals surface area contributed by atoms with Crippen molar-refractivity contribution in [2.75, 3.05) is 0 Å². The minimum Gasteiger partial charge on any atom is -0.476 e. The number of carbonyl (C=O) groups is 1. The van der Waals surface area contributed by atoms with Crippen molar-refractivity contribution in [1.29, 1.82) is 0 Å². The number of nitrogens with one attached hydrogen (secondary N) is 1. The van der Waals surface area contributed by atoms with Crippen molar-refractivity contribution in [3.63, 3.8) is 0 Å². The quantitative estimate of drug-likeness (QED) is 0.811. The number of aromatic amines is 1. The fraction of sp³-hybridized carbons (Fsp3) is 0.0909. The van der Waals surface area contributed by atoms with E-state index in [9.17, 15) is 18.0 Å². The number of nitrogens with zero attached hydrogens (tertiary/aromatic N) is 1. The van der Waals surface area contributed by atoms with E-state index in [1.807, 2.05) is 0 Å². The highest BCUT2D eigenvalue weighted by atomic mass is 19.2. The van der Waals surface area contributed by atoms with Crippen LogP contribution < -0.4 is 0 Å². The van der Waals surface area contributed by atoms with Crippen LogP contribution >= 0.6 is 0 Å². The molecule has 2 rings (SSSR count). The van der Waals surface area contributed by atoms with Gasteiger partial charge < -0.3 is 10.1 Å². The predicted molar refractivity (Wildman–Crippen MR) is 55.6 cm³/mol. The molecule has 0 fully saturated rings. The summed E-state index contributed by atoms with van der Waals surface area (Å²) in [6.45, 7) is 1.43. The number of carboxylic acids is 1. The molecule has 0 unspecified atom stereocenters. The lowest BCUT2D eigenvalue weighted by Gasteiger charge is -2.00. The Hall–Kier alpha value is -2.31. The molecule has 7 heteroatoms. The SMILES string of the molecule is Cc1[nH]c(-c2cc(F)c(F)cc2F)nc1C(=O)O. The first kappa shape index (κ1) is 12.2. The fourth-order valence-electron chi connectivity index (χ4n) is 1.50. The molecule has 0 saturated heterocycles. The van der Waals surface area contributed by atoms with Gasteiger partial charge in [0.2, 0.25) is 0 Å². The number of aryl methyl sites for hydroxylation is 1. The Morgan fingerprint density at radius 3 is 2.39 bits per heavy atom. The van der Waals surface area contributed by atoms with Crippen LogP contribution in [-0.2, 0) is 0 Å². The molecule has 0 bridgehead atoms. The van der Waals surface area contributed by atoms with E-state index in [1.54, 1.807) is 0 Å². The lowest BCUT2D eigenvalue weighted by molar-refractivity contribution is 0.0690. The van der Waals surface area contributed by atoms with E-state index in [4.69, 9.17) is 5.11 Å². The average Bonchev–Trinajstić information content (AvgIpc) is 2.65. The molecule has 1 aromatic carbocycles. The first-order valence-electron chi connectivity index (χ1n) is 4.85. The topological polar surface area (TPSA) is 66.0 Å². The Kier molecular flexibility index (Phi) is 2.82. The van der Waals surface area contributed by atoms with Gasteiger partial charge in [-0.15, -0.1) is 0 Å². The van der Waals surface area contributed by atoms with Gasteiger partial charge in [0.25, 0.3) is 0 Å². The van der Waals surface area contributed by atoms with Crippen LogP contribution in [0.4, 0.5) is 13.2 Å². The lowest BCUT2D eigenvalue weighted by atomic mass is 10.2. The minimum atomic E-state index is -1.32. The third kappa shape index (κ3) is 1.94. The molecule has 0 aliphatic carbocycles. The summed E-state index contributed by atoms with van der Waals surface area (Å²) in [7, 11) is 0. The normalized spacial score (nSPS) is 10.7. The molecule has 18 heavy (non-hydrogen) atoms. The molecule has 0 saturated carbocycles. The van der Waals surface area contributed by atoms with Crippen molar-refractivity contribution in [3.05, 3.63) is 41.0 Å². The van der Waals surface area contributed by atoms with Crippen LogP contribution in [0, 0.1) is 24.4 Å². The number of hydrogen-bond donors (Lipinski definition) is 2. The number of hydrogen-bond acceptors (Lipinski definition) is 2. The predicted octanol–water partition coefficient (Wildman–Crippen LogP) is 2.50. The number of imidazole rings is 1. The average molecular weight is 256 g/mol. The number of H-pyrrole nitrogens is 1. The first-order chi connectivity index (χ1) is 8.40. The van der Waals surface area contributed by atoms with Crippen LogP contribution in [-0.4, -0.2) is 21.0 Å². The maximum absolute atomic E-state index is 13.4. The van der Waals surface area contributed by atoms with Crippen molar-refractivity contribution in [2.24, 2.45) is 0 Å². The fourth-order valence-corrected chi connectivity index (χ4v) is 1.50. The van der Waals surface area contributed by atoms with E-state index in [0.29, 0.717) is 12.1 Å².